The summed E-state index contributed by atoms with van der Waals surface area (Å²) in [6, 6.07) is 21.4. The van der Waals surface area contributed by atoms with Crippen LogP contribution in [0, 0.1) is 12.5 Å². The van der Waals surface area contributed by atoms with Gasteiger partial charge in [-0.3, -0.25) is 4.79 Å². The summed E-state index contributed by atoms with van der Waals surface area (Å²) in [4.78, 5) is 18.4. The molecule has 1 unspecified atom stereocenters. The van der Waals surface area contributed by atoms with Crippen molar-refractivity contribution in [3.8, 4) is 11.1 Å². The fourth-order valence-corrected chi connectivity index (χ4v) is 4.33. The van der Waals surface area contributed by atoms with E-state index in [9.17, 15) is 4.79 Å². The summed E-state index contributed by atoms with van der Waals surface area (Å²) < 4.78 is 0. The molecule has 156 valence electrons. The van der Waals surface area contributed by atoms with Gasteiger partial charge in [-0.1, -0.05) is 42.5 Å². The molecular weight excluding hydrogens is 382 g/mol. The zero-order chi connectivity index (χ0) is 21.8. The molecule has 3 aromatic rings. The summed E-state index contributed by atoms with van der Waals surface area (Å²) in [6.45, 7) is 8.17. The molecule has 4 nitrogen and oxygen atoms in total. The van der Waals surface area contributed by atoms with Crippen molar-refractivity contribution >= 4 is 17.3 Å². The van der Waals surface area contributed by atoms with Crippen LogP contribution in [0.3, 0.4) is 0 Å². The molecule has 0 saturated carbocycles. The minimum atomic E-state index is -0.101. The van der Waals surface area contributed by atoms with Crippen LogP contribution in [0.25, 0.3) is 16.0 Å². The van der Waals surface area contributed by atoms with E-state index in [2.05, 4.69) is 41.3 Å². The van der Waals surface area contributed by atoms with Gasteiger partial charge < -0.3 is 10.2 Å². The van der Waals surface area contributed by atoms with Gasteiger partial charge in [-0.2, -0.15) is 0 Å². The van der Waals surface area contributed by atoms with E-state index in [1.807, 2.05) is 54.6 Å². The summed E-state index contributed by atoms with van der Waals surface area (Å²) in [5.41, 5.74) is 6.92. The van der Waals surface area contributed by atoms with Crippen molar-refractivity contribution in [2.24, 2.45) is 5.92 Å². The van der Waals surface area contributed by atoms with Gasteiger partial charge in [0.25, 0.3) is 5.91 Å². The van der Waals surface area contributed by atoms with Gasteiger partial charge in [0.05, 0.1) is 6.57 Å². The van der Waals surface area contributed by atoms with Crippen LogP contribution in [-0.4, -0.2) is 31.4 Å². The molecule has 0 heterocycles. The molecule has 0 saturated heterocycles. The van der Waals surface area contributed by atoms with E-state index >= 15 is 0 Å². The Kier molecular flexibility index (Phi) is 6.16. The lowest BCUT2D eigenvalue weighted by Gasteiger charge is -2.27. The van der Waals surface area contributed by atoms with Crippen LogP contribution in [0.15, 0.2) is 66.7 Å². The van der Waals surface area contributed by atoms with Crippen LogP contribution < -0.4 is 5.32 Å². The minimum Gasteiger partial charge on any atom is -0.322 e. The van der Waals surface area contributed by atoms with Crippen molar-refractivity contribution in [3.05, 3.63) is 94.8 Å². The van der Waals surface area contributed by atoms with Crippen LogP contribution >= 0.6 is 0 Å². The number of fused-ring (bicyclic) bond motifs is 1. The van der Waals surface area contributed by atoms with Crippen molar-refractivity contribution in [1.29, 1.82) is 0 Å². The normalized spacial score (nSPS) is 15.2. The second-order valence-corrected chi connectivity index (χ2v) is 8.54. The van der Waals surface area contributed by atoms with E-state index in [1.165, 1.54) is 17.5 Å². The maximum Gasteiger partial charge on any atom is 0.255 e. The SMILES string of the molecule is [C-]#[N+]c1ccc(-c2ccc(C(=O)Nc3ccc4c(c3)CCC(CN(C)C)C4)cc2)cc1. The molecule has 3 aromatic carbocycles. The quantitative estimate of drug-likeness (QED) is 0.539. The van der Waals surface area contributed by atoms with E-state index in [0.29, 0.717) is 17.2 Å². The highest BCUT2D eigenvalue weighted by Gasteiger charge is 2.19. The zero-order valence-electron chi connectivity index (χ0n) is 18.1. The number of hydrogen-bond donors (Lipinski definition) is 1. The molecule has 0 radical (unpaired) electrons. The third-order valence-electron chi connectivity index (χ3n) is 5.89. The molecule has 0 aliphatic heterocycles. The molecule has 31 heavy (non-hydrogen) atoms. The number of carbonyl (C=O) groups excluding carboxylic acids is 1. The number of carbonyl (C=O) groups is 1. The predicted octanol–water partition coefficient (Wildman–Crippen LogP) is 5.82. The van der Waals surface area contributed by atoms with E-state index in [0.717, 1.165) is 36.2 Å². The Labute approximate surface area is 184 Å². The van der Waals surface area contributed by atoms with Crippen molar-refractivity contribution in [1.82, 2.24) is 4.90 Å². The third-order valence-corrected chi connectivity index (χ3v) is 5.89. The lowest BCUT2D eigenvalue weighted by molar-refractivity contribution is 0.102. The van der Waals surface area contributed by atoms with Gasteiger partial charge in [0.1, 0.15) is 0 Å². The molecule has 1 amide bonds. The maximum atomic E-state index is 12.7. The Morgan fingerprint density at radius 1 is 1.00 bits per heavy atom. The first kappa shape index (κ1) is 20.8. The summed E-state index contributed by atoms with van der Waals surface area (Å²) in [6.07, 6.45) is 3.37. The van der Waals surface area contributed by atoms with Crippen LogP contribution in [-0.2, 0) is 12.8 Å². The van der Waals surface area contributed by atoms with Crippen LogP contribution in [0.5, 0.6) is 0 Å². The Hall–Kier alpha value is -3.42. The van der Waals surface area contributed by atoms with Gasteiger partial charge in [0, 0.05) is 17.8 Å². The molecule has 0 bridgehead atoms. The highest BCUT2D eigenvalue weighted by atomic mass is 16.1. The van der Waals surface area contributed by atoms with Crippen LogP contribution in [0.2, 0.25) is 0 Å². The summed E-state index contributed by atoms with van der Waals surface area (Å²) in [5.74, 6) is 0.607. The van der Waals surface area contributed by atoms with E-state index < -0.39 is 0 Å². The van der Waals surface area contributed by atoms with E-state index in [-0.39, 0.29) is 5.91 Å². The molecule has 1 aliphatic rings. The molecule has 0 aromatic heterocycles. The number of rotatable bonds is 5. The Balaban J connectivity index is 1.42. The fourth-order valence-electron chi connectivity index (χ4n) is 4.33. The third kappa shape index (κ3) is 5.02. The van der Waals surface area contributed by atoms with Crippen molar-refractivity contribution < 1.29 is 4.79 Å². The first-order valence-corrected chi connectivity index (χ1v) is 10.7. The van der Waals surface area contributed by atoms with Crippen molar-refractivity contribution in [2.75, 3.05) is 26.0 Å². The highest BCUT2D eigenvalue weighted by Crippen LogP contribution is 2.29. The second-order valence-electron chi connectivity index (χ2n) is 8.54. The highest BCUT2D eigenvalue weighted by molar-refractivity contribution is 6.04. The van der Waals surface area contributed by atoms with Crippen molar-refractivity contribution in [3.63, 3.8) is 0 Å². The average molecular weight is 410 g/mol. The van der Waals surface area contributed by atoms with Gasteiger partial charge >= 0.3 is 0 Å². The summed E-state index contributed by atoms with van der Waals surface area (Å²) in [5, 5.41) is 3.05. The van der Waals surface area contributed by atoms with Gasteiger partial charge in [-0.15, -0.1) is 0 Å². The Bertz CT molecular complexity index is 1110. The molecular formula is C27H27N3O. The van der Waals surface area contributed by atoms with Crippen molar-refractivity contribution in [2.45, 2.75) is 19.3 Å². The van der Waals surface area contributed by atoms with Crippen LogP contribution in [0.1, 0.15) is 27.9 Å². The van der Waals surface area contributed by atoms with E-state index in [4.69, 9.17) is 6.57 Å². The smallest absolute Gasteiger partial charge is 0.255 e. The molecule has 1 aliphatic carbocycles. The number of benzene rings is 3. The summed E-state index contributed by atoms with van der Waals surface area (Å²) in [7, 11) is 4.26. The summed E-state index contributed by atoms with van der Waals surface area (Å²) >= 11 is 0. The van der Waals surface area contributed by atoms with Gasteiger partial charge in [-0.05, 0) is 85.8 Å². The zero-order valence-corrected chi connectivity index (χ0v) is 18.1. The molecule has 1 N–H and O–H groups in total. The Morgan fingerprint density at radius 3 is 2.32 bits per heavy atom. The minimum absolute atomic E-state index is 0.101. The van der Waals surface area contributed by atoms with E-state index in [1.54, 1.807) is 0 Å². The number of nitrogens with zero attached hydrogens (tertiary/aromatic N) is 2. The molecule has 4 rings (SSSR count). The lowest BCUT2D eigenvalue weighted by Crippen LogP contribution is -2.26. The largest absolute Gasteiger partial charge is 0.322 e. The molecule has 0 fully saturated rings. The average Bonchev–Trinajstić information content (AvgIpc) is 2.79. The lowest BCUT2D eigenvalue weighted by atomic mass is 9.83. The van der Waals surface area contributed by atoms with Gasteiger partial charge in [0.2, 0.25) is 0 Å². The number of hydrogen-bond acceptors (Lipinski definition) is 2. The number of anilines is 1. The monoisotopic (exact) mass is 409 g/mol. The Morgan fingerprint density at radius 2 is 1.68 bits per heavy atom. The predicted molar refractivity (Wildman–Crippen MR) is 127 cm³/mol. The van der Waals surface area contributed by atoms with Gasteiger partial charge in [0.15, 0.2) is 5.69 Å². The standard InChI is InChI=1S/C27H27N3O/c1-28-25-13-10-21(11-14-25)20-6-8-22(9-7-20)27(31)29-26-15-12-23-16-19(18-30(2)3)4-5-24(23)17-26/h6-15,17,19H,4-5,16,18H2,2-3H3,(H,29,31). The second kappa shape index (κ2) is 9.16. The molecule has 1 atom stereocenters. The first-order chi connectivity index (χ1) is 15.0. The number of amides is 1. The molecule has 4 heteroatoms. The fraction of sp³-hybridized carbons (Fsp3) is 0.259. The number of nitrogens with one attached hydrogen (secondary N) is 1. The number of aryl methyl sites for hydroxylation is 1. The maximum absolute atomic E-state index is 12.7. The molecule has 0 spiro atoms. The van der Waals surface area contributed by atoms with Crippen LogP contribution in [0.4, 0.5) is 11.4 Å². The first-order valence-electron chi connectivity index (χ1n) is 10.7. The topological polar surface area (TPSA) is 36.7 Å². The van der Waals surface area contributed by atoms with Gasteiger partial charge in [-0.25, -0.2) is 4.85 Å².